The smallest absolute Gasteiger partial charge is 0.418 e. The first-order chi connectivity index (χ1) is 7.35. The standard InChI is InChI=1S/C10H23S.BF4/c1-4-7-8-9-10-11(5-2)6-3;2-1(3,4)5/h4-10H2,1-3H3;/q+1;-1. The Morgan fingerprint density at radius 1 is 0.812 bits per heavy atom. The van der Waals surface area contributed by atoms with Crippen molar-refractivity contribution in [2.75, 3.05) is 17.3 Å². The molecule has 0 saturated heterocycles. The van der Waals surface area contributed by atoms with E-state index in [2.05, 4.69) is 20.8 Å². The molecule has 0 N–H and O–H groups in total. The Morgan fingerprint density at radius 3 is 1.56 bits per heavy atom. The van der Waals surface area contributed by atoms with Crippen LogP contribution in [0.4, 0.5) is 17.3 Å². The maximum absolute atomic E-state index is 9.75. The minimum absolute atomic E-state index is 0.758. The van der Waals surface area contributed by atoms with Gasteiger partial charge in [0.2, 0.25) is 0 Å². The lowest BCUT2D eigenvalue weighted by atomic mass is 10.2. The molecule has 0 amide bonds. The van der Waals surface area contributed by atoms with Crippen LogP contribution in [-0.2, 0) is 10.9 Å². The zero-order chi connectivity index (χ0) is 13.0. The number of hydrogen-bond acceptors (Lipinski definition) is 0. The summed E-state index contributed by atoms with van der Waals surface area (Å²) >= 11 is 0. The Labute approximate surface area is 99.6 Å². The van der Waals surface area contributed by atoms with E-state index in [-0.39, 0.29) is 0 Å². The van der Waals surface area contributed by atoms with Crippen molar-refractivity contribution in [1.82, 2.24) is 0 Å². The summed E-state index contributed by atoms with van der Waals surface area (Å²) in [5.41, 5.74) is 0. The van der Waals surface area contributed by atoms with Gasteiger partial charge in [0.25, 0.3) is 0 Å². The highest BCUT2D eigenvalue weighted by atomic mass is 32.2. The zero-order valence-electron chi connectivity index (χ0n) is 10.4. The Morgan fingerprint density at radius 2 is 1.25 bits per heavy atom. The monoisotopic (exact) mass is 262 g/mol. The Bertz CT molecular complexity index is 131. The van der Waals surface area contributed by atoms with E-state index in [1.165, 1.54) is 42.9 Å². The van der Waals surface area contributed by atoms with Crippen molar-refractivity contribution in [1.29, 1.82) is 0 Å². The molecule has 6 heteroatoms. The van der Waals surface area contributed by atoms with E-state index in [9.17, 15) is 17.3 Å². The van der Waals surface area contributed by atoms with Crippen molar-refractivity contribution in [2.24, 2.45) is 0 Å². The molecule has 0 aromatic rings. The van der Waals surface area contributed by atoms with Gasteiger partial charge in [0, 0.05) is 0 Å². The van der Waals surface area contributed by atoms with Crippen LogP contribution in [0.5, 0.6) is 0 Å². The molecule has 0 aromatic carbocycles. The SMILES string of the molecule is CCCCCC[S+](CC)CC.F[B-](F)(F)F. The number of unbranched alkanes of at least 4 members (excludes halogenated alkanes) is 3. The van der Waals surface area contributed by atoms with Gasteiger partial charge in [0.1, 0.15) is 17.3 Å². The summed E-state index contributed by atoms with van der Waals surface area (Å²) in [6.45, 7) is 6.93. The summed E-state index contributed by atoms with van der Waals surface area (Å²) < 4.78 is 39.0. The topological polar surface area (TPSA) is 0 Å². The fourth-order valence-electron chi connectivity index (χ4n) is 1.23. The normalized spacial score (nSPS) is 11.2. The molecule has 0 saturated carbocycles. The summed E-state index contributed by atoms with van der Waals surface area (Å²) in [6.07, 6.45) is 5.73. The van der Waals surface area contributed by atoms with Gasteiger partial charge in [-0.2, -0.15) is 0 Å². The molecule has 0 aromatic heterocycles. The Kier molecular flexibility index (Phi) is 13.4. The van der Waals surface area contributed by atoms with Crippen molar-refractivity contribution in [2.45, 2.75) is 46.5 Å². The van der Waals surface area contributed by atoms with E-state index < -0.39 is 7.25 Å². The average Bonchev–Trinajstić information content (AvgIpc) is 2.16. The van der Waals surface area contributed by atoms with Gasteiger partial charge >= 0.3 is 7.25 Å². The molecular formula is C10H23BF4S. The molecule has 0 atom stereocenters. The van der Waals surface area contributed by atoms with Crippen LogP contribution in [0, 0.1) is 0 Å². The van der Waals surface area contributed by atoms with Crippen LogP contribution >= 0.6 is 0 Å². The van der Waals surface area contributed by atoms with Crippen molar-refractivity contribution < 1.29 is 17.3 Å². The van der Waals surface area contributed by atoms with Crippen LogP contribution in [0.25, 0.3) is 0 Å². The third-order valence-corrected chi connectivity index (χ3v) is 4.60. The number of hydrogen-bond donors (Lipinski definition) is 0. The van der Waals surface area contributed by atoms with Crippen molar-refractivity contribution in [3.05, 3.63) is 0 Å². The fraction of sp³-hybridized carbons (Fsp3) is 1.00. The highest BCUT2D eigenvalue weighted by Crippen LogP contribution is 2.06. The van der Waals surface area contributed by atoms with Gasteiger partial charge < -0.3 is 17.3 Å². The molecule has 0 aliphatic carbocycles. The van der Waals surface area contributed by atoms with Gasteiger partial charge in [-0.15, -0.1) is 0 Å². The van der Waals surface area contributed by atoms with Gasteiger partial charge in [-0.3, -0.25) is 0 Å². The van der Waals surface area contributed by atoms with Gasteiger partial charge in [-0.25, -0.2) is 0 Å². The molecule has 0 aliphatic heterocycles. The average molecular weight is 262 g/mol. The predicted molar refractivity (Wildman–Crippen MR) is 67.6 cm³/mol. The van der Waals surface area contributed by atoms with E-state index >= 15 is 0 Å². The van der Waals surface area contributed by atoms with E-state index in [1.54, 1.807) is 0 Å². The van der Waals surface area contributed by atoms with Crippen LogP contribution < -0.4 is 0 Å². The van der Waals surface area contributed by atoms with Crippen LogP contribution in [-0.4, -0.2) is 24.5 Å². The fourth-order valence-corrected chi connectivity index (χ4v) is 2.82. The number of rotatable bonds is 7. The molecule has 0 unspecified atom stereocenters. The summed E-state index contributed by atoms with van der Waals surface area (Å²) in [5, 5.41) is 0. The molecule has 0 nitrogen and oxygen atoms in total. The lowest BCUT2D eigenvalue weighted by molar-refractivity contribution is 0.368. The van der Waals surface area contributed by atoms with E-state index in [0.717, 1.165) is 10.9 Å². The molecule has 0 heterocycles. The molecule has 0 rings (SSSR count). The minimum atomic E-state index is -6.00. The summed E-state index contributed by atoms with van der Waals surface area (Å²) in [4.78, 5) is 0. The first-order valence-electron chi connectivity index (χ1n) is 5.86. The second-order valence-electron chi connectivity index (χ2n) is 3.45. The van der Waals surface area contributed by atoms with Gasteiger partial charge in [0.05, 0.1) is 0 Å². The molecular weight excluding hydrogens is 239 g/mol. The zero-order valence-corrected chi connectivity index (χ0v) is 11.3. The molecule has 0 spiro atoms. The summed E-state index contributed by atoms with van der Waals surface area (Å²) in [7, 11) is -5.24. The lowest BCUT2D eigenvalue weighted by Gasteiger charge is -2.02. The van der Waals surface area contributed by atoms with Crippen LogP contribution in [0.15, 0.2) is 0 Å². The predicted octanol–water partition coefficient (Wildman–Crippen LogP) is 4.52. The Hall–Kier alpha value is 0.135. The van der Waals surface area contributed by atoms with Gasteiger partial charge in [-0.05, 0) is 37.6 Å². The molecule has 16 heavy (non-hydrogen) atoms. The van der Waals surface area contributed by atoms with Crippen LogP contribution in [0.1, 0.15) is 46.5 Å². The van der Waals surface area contributed by atoms with Crippen molar-refractivity contribution >= 4 is 18.1 Å². The first kappa shape index (κ1) is 18.5. The minimum Gasteiger partial charge on any atom is -0.418 e. The van der Waals surface area contributed by atoms with Crippen molar-refractivity contribution in [3.8, 4) is 0 Å². The van der Waals surface area contributed by atoms with E-state index in [0.29, 0.717) is 0 Å². The van der Waals surface area contributed by atoms with Gasteiger partial charge in [-0.1, -0.05) is 19.8 Å². The van der Waals surface area contributed by atoms with Crippen molar-refractivity contribution in [3.63, 3.8) is 0 Å². The van der Waals surface area contributed by atoms with Crippen LogP contribution in [0.3, 0.4) is 0 Å². The molecule has 0 bridgehead atoms. The third kappa shape index (κ3) is 23.7. The summed E-state index contributed by atoms with van der Waals surface area (Å²) in [5.74, 6) is 4.30. The second-order valence-corrected chi connectivity index (χ2v) is 6.24. The largest absolute Gasteiger partial charge is 0.673 e. The maximum Gasteiger partial charge on any atom is 0.673 e. The van der Waals surface area contributed by atoms with Gasteiger partial charge in [0.15, 0.2) is 0 Å². The molecule has 0 aliphatic rings. The first-order valence-corrected chi connectivity index (χ1v) is 7.59. The molecule has 100 valence electrons. The quantitative estimate of drug-likeness (QED) is 0.274. The highest BCUT2D eigenvalue weighted by molar-refractivity contribution is 7.96. The lowest BCUT2D eigenvalue weighted by Crippen LogP contribution is -2.12. The third-order valence-electron chi connectivity index (χ3n) is 2.10. The molecule has 0 fully saturated rings. The maximum atomic E-state index is 9.75. The molecule has 0 radical (unpaired) electrons. The second kappa shape index (κ2) is 11.6. The Balaban J connectivity index is 0. The van der Waals surface area contributed by atoms with E-state index in [1.807, 2.05) is 0 Å². The van der Waals surface area contributed by atoms with Crippen LogP contribution in [0.2, 0.25) is 0 Å². The number of halogens is 4. The van der Waals surface area contributed by atoms with E-state index in [4.69, 9.17) is 0 Å². The highest BCUT2D eigenvalue weighted by Gasteiger charge is 2.20. The summed E-state index contributed by atoms with van der Waals surface area (Å²) in [6, 6.07) is 0.